The number of benzene rings is 1. The molecule has 0 aromatic heterocycles. The van der Waals surface area contributed by atoms with Gasteiger partial charge in [-0.1, -0.05) is 11.6 Å². The molecule has 1 atom stereocenters. The zero-order chi connectivity index (χ0) is 21.3. The Balaban J connectivity index is 1.56. The maximum atomic E-state index is 13.1. The summed E-state index contributed by atoms with van der Waals surface area (Å²) >= 11 is 5.91. The van der Waals surface area contributed by atoms with E-state index in [-0.39, 0.29) is 49.7 Å². The highest BCUT2D eigenvalue weighted by Gasteiger charge is 2.42. The number of hydrogen-bond donors (Lipinski definition) is 0. The third-order valence-corrected chi connectivity index (χ3v) is 5.29. The Morgan fingerprint density at radius 3 is 2.31 bits per heavy atom. The average molecular weight is 436 g/mol. The second-order valence-electron chi connectivity index (χ2n) is 7.03. The van der Waals surface area contributed by atoms with Crippen LogP contribution in [0.1, 0.15) is 16.8 Å². The maximum absolute atomic E-state index is 13.1. The molecule has 6 nitrogen and oxygen atoms in total. The van der Waals surface area contributed by atoms with E-state index in [0.29, 0.717) is 4.90 Å². The molecule has 3 rings (SSSR count). The molecule has 2 aliphatic rings. The van der Waals surface area contributed by atoms with Gasteiger partial charge in [-0.2, -0.15) is 13.2 Å². The lowest BCUT2D eigenvalue weighted by atomic mass is 10.1. The number of carbonyl (C=O) groups is 3. The van der Waals surface area contributed by atoms with Crippen LogP contribution in [0.3, 0.4) is 0 Å². The second kappa shape index (κ2) is 8.17. The number of rotatable bonds is 3. The van der Waals surface area contributed by atoms with Crippen LogP contribution >= 0.6 is 11.6 Å². The minimum absolute atomic E-state index is 0.0114. The zero-order valence-corrected chi connectivity index (χ0v) is 16.0. The van der Waals surface area contributed by atoms with E-state index in [4.69, 9.17) is 11.6 Å². The molecule has 29 heavy (non-hydrogen) atoms. The van der Waals surface area contributed by atoms with E-state index in [9.17, 15) is 31.9 Å². The van der Waals surface area contributed by atoms with Gasteiger partial charge in [0.1, 0.15) is 12.4 Å². The van der Waals surface area contributed by atoms with E-state index in [1.807, 2.05) is 0 Å². The van der Waals surface area contributed by atoms with Crippen LogP contribution in [0.5, 0.6) is 0 Å². The Morgan fingerprint density at radius 2 is 1.72 bits per heavy atom. The summed E-state index contributed by atoms with van der Waals surface area (Å²) in [5.74, 6) is -2.86. The van der Waals surface area contributed by atoms with Crippen LogP contribution in [0.25, 0.3) is 0 Å². The summed E-state index contributed by atoms with van der Waals surface area (Å²) in [4.78, 5) is 40.5. The van der Waals surface area contributed by atoms with Gasteiger partial charge in [0.05, 0.1) is 16.5 Å². The summed E-state index contributed by atoms with van der Waals surface area (Å²) in [7, 11) is 0. The molecule has 11 heteroatoms. The van der Waals surface area contributed by atoms with Crippen molar-refractivity contribution in [3.8, 4) is 0 Å². The van der Waals surface area contributed by atoms with E-state index in [1.165, 1.54) is 15.9 Å². The van der Waals surface area contributed by atoms with Crippen LogP contribution in [-0.2, 0) is 9.59 Å². The fourth-order valence-electron chi connectivity index (χ4n) is 3.53. The van der Waals surface area contributed by atoms with Gasteiger partial charge in [0.25, 0.3) is 5.91 Å². The van der Waals surface area contributed by atoms with Crippen LogP contribution in [0.2, 0.25) is 5.02 Å². The quantitative estimate of drug-likeness (QED) is 0.684. The normalized spacial score (nSPS) is 20.4. The number of likely N-dealkylation sites (tertiary alicyclic amines) is 1. The first kappa shape index (κ1) is 21.4. The molecular weight excluding hydrogens is 418 g/mol. The molecule has 1 unspecified atom stereocenters. The van der Waals surface area contributed by atoms with E-state index >= 15 is 0 Å². The van der Waals surface area contributed by atoms with E-state index < -0.39 is 42.2 Å². The van der Waals surface area contributed by atoms with Crippen LogP contribution in [0.15, 0.2) is 18.2 Å². The van der Waals surface area contributed by atoms with E-state index in [0.717, 1.165) is 12.1 Å². The van der Waals surface area contributed by atoms with Gasteiger partial charge in [0.2, 0.25) is 11.8 Å². The summed E-state index contributed by atoms with van der Waals surface area (Å²) in [5.41, 5.74) is 0.150. The molecule has 0 saturated carbocycles. The molecule has 2 aliphatic heterocycles. The van der Waals surface area contributed by atoms with Crippen molar-refractivity contribution in [1.29, 1.82) is 0 Å². The van der Waals surface area contributed by atoms with Crippen LogP contribution in [0, 0.1) is 11.7 Å². The summed E-state index contributed by atoms with van der Waals surface area (Å²) in [6.45, 7) is -0.852. The van der Waals surface area contributed by atoms with Crippen molar-refractivity contribution in [2.45, 2.75) is 12.6 Å². The molecule has 1 aromatic rings. The van der Waals surface area contributed by atoms with Crippen LogP contribution in [-0.4, -0.2) is 77.9 Å². The maximum Gasteiger partial charge on any atom is 0.406 e. The Bertz CT molecular complexity index is 825. The number of hydrogen-bond acceptors (Lipinski definition) is 3. The van der Waals surface area contributed by atoms with Gasteiger partial charge in [0, 0.05) is 39.1 Å². The third-order valence-electron chi connectivity index (χ3n) is 4.97. The van der Waals surface area contributed by atoms with Crippen LogP contribution < -0.4 is 0 Å². The molecule has 0 N–H and O–H groups in total. The molecule has 0 spiro atoms. The average Bonchev–Trinajstić information content (AvgIpc) is 2.99. The van der Waals surface area contributed by atoms with Crippen LogP contribution in [0.4, 0.5) is 17.6 Å². The van der Waals surface area contributed by atoms with Crippen molar-refractivity contribution in [2.24, 2.45) is 5.92 Å². The lowest BCUT2D eigenvalue weighted by Crippen LogP contribution is -2.52. The molecule has 2 heterocycles. The van der Waals surface area contributed by atoms with Crippen molar-refractivity contribution < 1.29 is 31.9 Å². The first-order chi connectivity index (χ1) is 13.5. The molecule has 0 aliphatic carbocycles. The monoisotopic (exact) mass is 435 g/mol. The van der Waals surface area contributed by atoms with Crippen molar-refractivity contribution in [2.75, 3.05) is 39.3 Å². The smallest absolute Gasteiger partial charge is 0.339 e. The molecule has 2 fully saturated rings. The summed E-state index contributed by atoms with van der Waals surface area (Å²) < 4.78 is 50.7. The third kappa shape index (κ3) is 4.98. The van der Waals surface area contributed by atoms with Crippen molar-refractivity contribution in [1.82, 2.24) is 14.7 Å². The summed E-state index contributed by atoms with van der Waals surface area (Å²) in [6, 6.07) is 3.46. The Kier molecular flexibility index (Phi) is 6.02. The Labute approximate surface area is 169 Å². The number of carbonyl (C=O) groups excluding carboxylic acids is 3. The predicted octanol–water partition coefficient (Wildman–Crippen LogP) is 2.17. The lowest BCUT2D eigenvalue weighted by molar-refractivity contribution is -0.157. The first-order valence-electron chi connectivity index (χ1n) is 8.93. The summed E-state index contributed by atoms with van der Waals surface area (Å²) in [5, 5.41) is -0.0114. The Morgan fingerprint density at radius 1 is 1.10 bits per heavy atom. The summed E-state index contributed by atoms with van der Waals surface area (Å²) in [6.07, 6.45) is -4.76. The largest absolute Gasteiger partial charge is 0.406 e. The fraction of sp³-hybridized carbons (Fsp3) is 0.500. The van der Waals surface area contributed by atoms with E-state index in [1.54, 1.807) is 0 Å². The standard InChI is InChI=1S/C18H18ClF4N3O3/c19-14-8-12(20)1-2-13(14)17(29)25-5-3-24(4-6-25)16(28)11-7-15(27)26(9-11)10-18(21,22)23/h1-2,8,11H,3-7,9-10H2. The minimum Gasteiger partial charge on any atom is -0.339 e. The van der Waals surface area contributed by atoms with Gasteiger partial charge in [-0.05, 0) is 18.2 Å². The lowest BCUT2D eigenvalue weighted by Gasteiger charge is -2.36. The number of piperazine rings is 1. The zero-order valence-electron chi connectivity index (χ0n) is 15.2. The van der Waals surface area contributed by atoms with Gasteiger partial charge >= 0.3 is 6.18 Å². The number of amides is 3. The van der Waals surface area contributed by atoms with Crippen molar-refractivity contribution in [3.05, 3.63) is 34.6 Å². The first-order valence-corrected chi connectivity index (χ1v) is 9.30. The molecule has 1 aromatic carbocycles. The number of nitrogens with zero attached hydrogens (tertiary/aromatic N) is 3. The van der Waals surface area contributed by atoms with E-state index in [2.05, 4.69) is 0 Å². The highest BCUT2D eigenvalue weighted by atomic mass is 35.5. The second-order valence-corrected chi connectivity index (χ2v) is 7.44. The number of alkyl halides is 3. The highest BCUT2D eigenvalue weighted by Crippen LogP contribution is 2.26. The fourth-order valence-corrected chi connectivity index (χ4v) is 3.78. The highest BCUT2D eigenvalue weighted by molar-refractivity contribution is 6.33. The Hall–Kier alpha value is -2.36. The molecule has 2 saturated heterocycles. The molecule has 0 radical (unpaired) electrons. The van der Waals surface area contributed by atoms with Crippen molar-refractivity contribution >= 4 is 29.3 Å². The molecular formula is C18H18ClF4N3O3. The van der Waals surface area contributed by atoms with Gasteiger partial charge in [-0.25, -0.2) is 4.39 Å². The SMILES string of the molecule is O=C1CC(C(=O)N2CCN(C(=O)c3ccc(F)cc3Cl)CC2)CN1CC(F)(F)F. The van der Waals surface area contributed by atoms with Gasteiger partial charge in [-0.3, -0.25) is 14.4 Å². The molecule has 158 valence electrons. The van der Waals surface area contributed by atoms with Crippen molar-refractivity contribution in [3.63, 3.8) is 0 Å². The molecule has 3 amide bonds. The van der Waals surface area contributed by atoms with Gasteiger partial charge in [-0.15, -0.1) is 0 Å². The molecule has 0 bridgehead atoms. The number of halogens is 5. The predicted molar refractivity (Wildman–Crippen MR) is 94.6 cm³/mol. The topological polar surface area (TPSA) is 60.9 Å². The van der Waals surface area contributed by atoms with Gasteiger partial charge in [0.15, 0.2) is 0 Å². The van der Waals surface area contributed by atoms with Gasteiger partial charge < -0.3 is 14.7 Å². The minimum atomic E-state index is -4.51.